The molecule has 0 amide bonds. The van der Waals surface area contributed by atoms with Crippen LogP contribution < -0.4 is 9.46 Å². The quantitative estimate of drug-likeness (QED) is 0.876. The minimum Gasteiger partial charge on any atom is -0.496 e. The van der Waals surface area contributed by atoms with Gasteiger partial charge >= 0.3 is 0 Å². The molecule has 118 valence electrons. The van der Waals surface area contributed by atoms with Crippen molar-refractivity contribution >= 4 is 21.6 Å². The zero-order chi connectivity index (χ0) is 16.2. The summed E-state index contributed by atoms with van der Waals surface area (Å²) in [6.45, 7) is 0.0540. The number of halogens is 2. The Labute approximate surface area is 133 Å². The molecule has 0 saturated heterocycles. The molecule has 0 atom stereocenters. The summed E-state index contributed by atoms with van der Waals surface area (Å²) in [6, 6.07) is 11.1. The maximum Gasteiger partial charge on any atom is 0.216 e. The highest BCUT2D eigenvalue weighted by molar-refractivity contribution is 7.88. The summed E-state index contributed by atoms with van der Waals surface area (Å²) in [5.41, 5.74) is 0.643. The molecule has 0 saturated carbocycles. The van der Waals surface area contributed by atoms with Gasteiger partial charge in [-0.3, -0.25) is 0 Å². The standard InChI is InChI=1S/C15H15ClFNO3S/c1-21-15-8-3-2-5-11(15)9-18-22(19,20)10-12-13(16)6-4-7-14(12)17/h2-8,18H,9-10H2,1H3. The summed E-state index contributed by atoms with van der Waals surface area (Å²) >= 11 is 5.85. The number of nitrogens with one attached hydrogen (secondary N) is 1. The molecule has 2 rings (SSSR count). The van der Waals surface area contributed by atoms with E-state index in [-0.39, 0.29) is 17.1 Å². The Bertz CT molecular complexity index is 745. The SMILES string of the molecule is COc1ccccc1CNS(=O)(=O)Cc1c(F)cccc1Cl. The van der Waals surface area contributed by atoms with E-state index >= 15 is 0 Å². The fourth-order valence-corrected chi connectivity index (χ4v) is 3.41. The number of para-hydroxylation sites is 1. The van der Waals surface area contributed by atoms with Crippen LogP contribution in [0.25, 0.3) is 0 Å². The zero-order valence-electron chi connectivity index (χ0n) is 11.8. The van der Waals surface area contributed by atoms with Gasteiger partial charge in [-0.05, 0) is 18.2 Å². The Kier molecular flexibility index (Phi) is 5.39. The number of methoxy groups -OCH3 is 1. The lowest BCUT2D eigenvalue weighted by Gasteiger charge is -2.11. The molecule has 2 aromatic rings. The number of hydrogen-bond donors (Lipinski definition) is 1. The van der Waals surface area contributed by atoms with E-state index in [0.29, 0.717) is 11.3 Å². The van der Waals surface area contributed by atoms with Crippen LogP contribution in [-0.4, -0.2) is 15.5 Å². The summed E-state index contributed by atoms with van der Waals surface area (Å²) in [4.78, 5) is 0. The van der Waals surface area contributed by atoms with Gasteiger partial charge in [-0.1, -0.05) is 35.9 Å². The molecule has 0 radical (unpaired) electrons. The summed E-state index contributed by atoms with van der Waals surface area (Å²) in [7, 11) is -2.23. The number of sulfonamides is 1. The highest BCUT2D eigenvalue weighted by atomic mass is 35.5. The molecule has 0 aromatic heterocycles. The fraction of sp³-hybridized carbons (Fsp3) is 0.200. The maximum atomic E-state index is 13.7. The van der Waals surface area contributed by atoms with E-state index in [9.17, 15) is 12.8 Å². The number of hydrogen-bond acceptors (Lipinski definition) is 3. The fourth-order valence-electron chi connectivity index (χ4n) is 1.95. The highest BCUT2D eigenvalue weighted by Crippen LogP contribution is 2.22. The molecule has 1 N–H and O–H groups in total. The Morgan fingerprint density at radius 2 is 1.91 bits per heavy atom. The molecule has 0 aliphatic rings. The van der Waals surface area contributed by atoms with Gasteiger partial charge in [0.05, 0.1) is 12.9 Å². The number of ether oxygens (including phenoxy) is 1. The molecular weight excluding hydrogens is 329 g/mol. The van der Waals surface area contributed by atoms with Gasteiger partial charge in [-0.15, -0.1) is 0 Å². The second kappa shape index (κ2) is 7.09. The van der Waals surface area contributed by atoms with Crippen LogP contribution in [-0.2, 0) is 22.3 Å². The Balaban J connectivity index is 2.12. The minimum atomic E-state index is -3.73. The van der Waals surface area contributed by atoms with Crippen LogP contribution in [0.5, 0.6) is 5.75 Å². The van der Waals surface area contributed by atoms with Crippen LogP contribution in [0.1, 0.15) is 11.1 Å². The lowest BCUT2D eigenvalue weighted by atomic mass is 10.2. The molecule has 0 spiro atoms. The smallest absolute Gasteiger partial charge is 0.216 e. The molecule has 2 aromatic carbocycles. The summed E-state index contributed by atoms with van der Waals surface area (Å²) in [5, 5.41) is 0.0858. The lowest BCUT2D eigenvalue weighted by Crippen LogP contribution is -2.25. The number of benzene rings is 2. The molecule has 0 heterocycles. The second-order valence-corrected chi connectivity index (χ2v) is 6.81. The second-order valence-electron chi connectivity index (χ2n) is 4.59. The van der Waals surface area contributed by atoms with E-state index in [4.69, 9.17) is 16.3 Å². The Hall–Kier alpha value is -1.63. The molecule has 0 aliphatic heterocycles. The first kappa shape index (κ1) is 16.7. The Morgan fingerprint density at radius 3 is 2.59 bits per heavy atom. The van der Waals surface area contributed by atoms with Gasteiger partial charge in [0.1, 0.15) is 11.6 Å². The van der Waals surface area contributed by atoms with Gasteiger partial charge in [0, 0.05) is 22.7 Å². The molecule has 0 aliphatic carbocycles. The number of rotatable bonds is 6. The monoisotopic (exact) mass is 343 g/mol. The van der Waals surface area contributed by atoms with Crippen molar-refractivity contribution in [3.63, 3.8) is 0 Å². The van der Waals surface area contributed by atoms with E-state index in [1.807, 2.05) is 0 Å². The van der Waals surface area contributed by atoms with Crippen LogP contribution in [0.4, 0.5) is 4.39 Å². The van der Waals surface area contributed by atoms with Gasteiger partial charge in [0.25, 0.3) is 0 Å². The lowest BCUT2D eigenvalue weighted by molar-refractivity contribution is 0.409. The minimum absolute atomic E-state index is 0.0447. The predicted octanol–water partition coefficient (Wildman–Crippen LogP) is 3.11. The summed E-state index contributed by atoms with van der Waals surface area (Å²) in [6.07, 6.45) is 0. The van der Waals surface area contributed by atoms with Crippen molar-refractivity contribution in [1.82, 2.24) is 4.72 Å². The first-order valence-electron chi connectivity index (χ1n) is 6.45. The van der Waals surface area contributed by atoms with Crippen LogP contribution >= 0.6 is 11.6 Å². The molecule has 4 nitrogen and oxygen atoms in total. The third-order valence-electron chi connectivity index (χ3n) is 3.07. The maximum absolute atomic E-state index is 13.7. The molecule has 0 fully saturated rings. The summed E-state index contributed by atoms with van der Waals surface area (Å²) < 4.78 is 45.4. The van der Waals surface area contributed by atoms with Crippen LogP contribution in [0.2, 0.25) is 5.02 Å². The van der Waals surface area contributed by atoms with Gasteiger partial charge in [-0.25, -0.2) is 17.5 Å². The zero-order valence-corrected chi connectivity index (χ0v) is 13.4. The largest absolute Gasteiger partial charge is 0.496 e. The average molecular weight is 344 g/mol. The normalized spacial score (nSPS) is 11.4. The van der Waals surface area contributed by atoms with Gasteiger partial charge in [0.2, 0.25) is 10.0 Å². The Morgan fingerprint density at radius 1 is 1.18 bits per heavy atom. The van der Waals surface area contributed by atoms with Crippen molar-refractivity contribution < 1.29 is 17.5 Å². The summed E-state index contributed by atoms with van der Waals surface area (Å²) in [5.74, 6) is -0.586. The first-order valence-corrected chi connectivity index (χ1v) is 8.48. The highest BCUT2D eigenvalue weighted by Gasteiger charge is 2.17. The predicted molar refractivity (Wildman–Crippen MR) is 83.9 cm³/mol. The van der Waals surface area contributed by atoms with Gasteiger partial charge in [0.15, 0.2) is 0 Å². The van der Waals surface area contributed by atoms with Crippen LogP contribution in [0.3, 0.4) is 0 Å². The average Bonchev–Trinajstić information content (AvgIpc) is 2.49. The van der Waals surface area contributed by atoms with E-state index in [1.165, 1.54) is 25.3 Å². The molecule has 7 heteroatoms. The van der Waals surface area contributed by atoms with Gasteiger partial charge in [-0.2, -0.15) is 0 Å². The van der Waals surface area contributed by atoms with Gasteiger partial charge < -0.3 is 4.74 Å². The molecule has 0 bridgehead atoms. The van der Waals surface area contributed by atoms with Crippen molar-refractivity contribution in [1.29, 1.82) is 0 Å². The first-order chi connectivity index (χ1) is 10.4. The van der Waals surface area contributed by atoms with E-state index in [1.54, 1.807) is 24.3 Å². The molecular formula is C15H15ClFNO3S. The van der Waals surface area contributed by atoms with E-state index in [0.717, 1.165) is 0 Å². The van der Waals surface area contributed by atoms with Crippen molar-refractivity contribution in [3.05, 3.63) is 64.4 Å². The van der Waals surface area contributed by atoms with Crippen LogP contribution in [0, 0.1) is 5.82 Å². The third-order valence-corrected chi connectivity index (χ3v) is 4.68. The molecule has 0 unspecified atom stereocenters. The van der Waals surface area contributed by atoms with Crippen LogP contribution in [0.15, 0.2) is 42.5 Å². The van der Waals surface area contributed by atoms with Crippen molar-refractivity contribution in [2.24, 2.45) is 0 Å². The van der Waals surface area contributed by atoms with E-state index < -0.39 is 21.6 Å². The van der Waals surface area contributed by atoms with Crippen molar-refractivity contribution in [2.75, 3.05) is 7.11 Å². The van der Waals surface area contributed by atoms with Crippen molar-refractivity contribution in [3.8, 4) is 5.75 Å². The van der Waals surface area contributed by atoms with E-state index in [2.05, 4.69) is 4.72 Å². The topological polar surface area (TPSA) is 55.4 Å². The van der Waals surface area contributed by atoms with Crippen molar-refractivity contribution in [2.45, 2.75) is 12.3 Å². The molecule has 22 heavy (non-hydrogen) atoms. The third kappa shape index (κ3) is 4.19.